The average molecular weight is 220 g/mol. The van der Waals surface area contributed by atoms with E-state index in [0.29, 0.717) is 0 Å². The second-order valence-corrected chi connectivity index (χ2v) is 4.97. The van der Waals surface area contributed by atoms with Crippen LogP contribution in [0.5, 0.6) is 0 Å². The maximum Gasteiger partial charge on any atom is 0.368 e. The van der Waals surface area contributed by atoms with Crippen molar-refractivity contribution in [3.8, 4) is 0 Å². The van der Waals surface area contributed by atoms with Crippen LogP contribution in [0, 0.1) is 5.92 Å². The molecule has 0 saturated heterocycles. The first kappa shape index (κ1) is 13.6. The number of hydrogen-bond donors (Lipinski definition) is 0. The summed E-state index contributed by atoms with van der Waals surface area (Å²) < 4.78 is 22.1. The highest BCUT2D eigenvalue weighted by molar-refractivity contribution is 7.58. The van der Waals surface area contributed by atoms with Crippen molar-refractivity contribution in [1.82, 2.24) is 0 Å². The molecule has 0 aliphatic carbocycles. The number of carbonyl (C=O) groups excluding carboxylic acids is 1. The third-order valence-electron chi connectivity index (χ3n) is 1.54. The van der Waals surface area contributed by atoms with Crippen LogP contribution in [0.3, 0.4) is 0 Å². The van der Waals surface area contributed by atoms with Crippen molar-refractivity contribution in [2.75, 3.05) is 13.2 Å². The van der Waals surface area contributed by atoms with E-state index in [9.17, 15) is 9.36 Å². The second-order valence-electron chi connectivity index (χ2n) is 2.98. The number of allylic oxidation sites excluding steroid dienone is 1. The summed E-state index contributed by atoms with van der Waals surface area (Å²) in [4.78, 5) is 10.6. The van der Waals surface area contributed by atoms with Gasteiger partial charge in [-0.15, -0.1) is 0 Å². The van der Waals surface area contributed by atoms with E-state index in [0.717, 1.165) is 0 Å². The van der Waals surface area contributed by atoms with Gasteiger partial charge >= 0.3 is 7.60 Å². The van der Waals surface area contributed by atoms with Gasteiger partial charge in [-0.2, -0.15) is 0 Å². The summed E-state index contributed by atoms with van der Waals surface area (Å²) in [5, 5.41) is 0.0844. The molecule has 4 nitrogen and oxygen atoms in total. The molecule has 0 atom stereocenters. The SMILES string of the molecule is CCOP(=O)(OCC)C(=C=O)C(C)C. The molecule has 0 spiro atoms. The van der Waals surface area contributed by atoms with Crippen LogP contribution in [0.4, 0.5) is 0 Å². The first-order valence-corrected chi connectivity index (χ1v) is 6.20. The van der Waals surface area contributed by atoms with Gasteiger partial charge in [0.05, 0.1) is 13.2 Å². The third kappa shape index (κ3) is 3.39. The third-order valence-corrected chi connectivity index (χ3v) is 3.94. The summed E-state index contributed by atoms with van der Waals surface area (Å²) in [5.41, 5.74) is 0. The minimum absolute atomic E-state index is 0.0844. The van der Waals surface area contributed by atoms with Gasteiger partial charge in [-0.05, 0) is 19.8 Å². The standard InChI is InChI=1S/C9H17O4P/c1-5-12-14(11,13-6-2)9(7-10)8(3)4/h8H,5-6H2,1-4H3. The van der Waals surface area contributed by atoms with E-state index in [1.807, 2.05) is 0 Å². The molecular weight excluding hydrogens is 203 g/mol. The Bertz CT molecular complexity index is 256. The van der Waals surface area contributed by atoms with E-state index >= 15 is 0 Å². The summed E-state index contributed by atoms with van der Waals surface area (Å²) >= 11 is 0. The fraction of sp³-hybridized carbons (Fsp3) is 0.778. The fourth-order valence-corrected chi connectivity index (χ4v) is 2.78. The van der Waals surface area contributed by atoms with Crippen LogP contribution in [0.2, 0.25) is 0 Å². The van der Waals surface area contributed by atoms with E-state index in [2.05, 4.69) is 0 Å². The highest BCUT2D eigenvalue weighted by Crippen LogP contribution is 2.57. The van der Waals surface area contributed by atoms with Crippen LogP contribution < -0.4 is 0 Å². The zero-order chi connectivity index (χ0) is 11.2. The molecular formula is C9H17O4P. The van der Waals surface area contributed by atoms with Crippen LogP contribution in [0.25, 0.3) is 0 Å². The summed E-state index contributed by atoms with van der Waals surface area (Å²) in [7, 11) is -3.39. The number of rotatable bonds is 6. The Morgan fingerprint density at radius 3 is 1.93 bits per heavy atom. The van der Waals surface area contributed by atoms with Crippen LogP contribution in [0.15, 0.2) is 5.31 Å². The van der Waals surface area contributed by atoms with E-state index in [-0.39, 0.29) is 24.4 Å². The Morgan fingerprint density at radius 1 is 1.29 bits per heavy atom. The summed E-state index contributed by atoms with van der Waals surface area (Å²) in [5.74, 6) is 1.48. The molecule has 0 radical (unpaired) electrons. The molecule has 0 N–H and O–H groups in total. The molecule has 0 aromatic rings. The first-order valence-electron chi connectivity index (χ1n) is 4.66. The Morgan fingerprint density at radius 2 is 1.71 bits per heavy atom. The number of hydrogen-bond acceptors (Lipinski definition) is 4. The maximum atomic E-state index is 12.0. The predicted molar refractivity (Wildman–Crippen MR) is 54.9 cm³/mol. The molecule has 0 aliphatic rings. The Kier molecular flexibility index (Phi) is 5.98. The van der Waals surface area contributed by atoms with Gasteiger partial charge in [-0.3, -0.25) is 4.57 Å². The Balaban J connectivity index is 4.98. The topological polar surface area (TPSA) is 52.6 Å². The van der Waals surface area contributed by atoms with Gasteiger partial charge in [-0.25, -0.2) is 4.79 Å². The van der Waals surface area contributed by atoms with Crippen molar-refractivity contribution in [1.29, 1.82) is 0 Å². The zero-order valence-electron chi connectivity index (χ0n) is 9.07. The molecule has 0 aliphatic heterocycles. The van der Waals surface area contributed by atoms with Gasteiger partial charge in [0, 0.05) is 0 Å². The predicted octanol–water partition coefficient (Wildman–Crippen LogP) is 2.62. The molecule has 0 rings (SSSR count). The molecule has 82 valence electrons. The molecule has 0 heterocycles. The lowest BCUT2D eigenvalue weighted by Crippen LogP contribution is -2.04. The summed E-state index contributed by atoms with van der Waals surface area (Å²) in [6.45, 7) is 7.41. The molecule has 0 saturated carbocycles. The summed E-state index contributed by atoms with van der Waals surface area (Å²) in [6, 6.07) is 0. The Labute approximate surface area is 84.8 Å². The van der Waals surface area contributed by atoms with Gasteiger partial charge in [0.2, 0.25) is 0 Å². The van der Waals surface area contributed by atoms with Gasteiger partial charge < -0.3 is 9.05 Å². The van der Waals surface area contributed by atoms with Gasteiger partial charge in [0.15, 0.2) is 0 Å². The van der Waals surface area contributed by atoms with Crippen LogP contribution >= 0.6 is 7.60 Å². The maximum absolute atomic E-state index is 12.0. The minimum atomic E-state index is -3.39. The summed E-state index contributed by atoms with van der Waals surface area (Å²) in [6.07, 6.45) is 0. The van der Waals surface area contributed by atoms with Crippen molar-refractivity contribution in [3.63, 3.8) is 0 Å². The van der Waals surface area contributed by atoms with E-state index in [1.165, 1.54) is 0 Å². The molecule has 5 heteroatoms. The lowest BCUT2D eigenvalue weighted by atomic mass is 10.2. The van der Waals surface area contributed by atoms with E-state index < -0.39 is 7.60 Å². The highest BCUT2D eigenvalue weighted by atomic mass is 31.2. The lowest BCUT2D eigenvalue weighted by molar-refractivity contribution is 0.224. The second kappa shape index (κ2) is 6.15. The molecule has 14 heavy (non-hydrogen) atoms. The fourth-order valence-electron chi connectivity index (χ4n) is 1.01. The first-order chi connectivity index (χ1) is 6.51. The van der Waals surface area contributed by atoms with Crippen LogP contribution in [-0.2, 0) is 18.4 Å². The van der Waals surface area contributed by atoms with Crippen LogP contribution in [0.1, 0.15) is 27.7 Å². The van der Waals surface area contributed by atoms with E-state index in [1.54, 1.807) is 33.6 Å². The zero-order valence-corrected chi connectivity index (χ0v) is 9.97. The molecule has 0 fully saturated rings. The minimum Gasteiger partial charge on any atom is -0.305 e. The lowest BCUT2D eigenvalue weighted by Gasteiger charge is -2.19. The molecule has 0 unspecified atom stereocenters. The van der Waals surface area contributed by atoms with Crippen molar-refractivity contribution in [2.24, 2.45) is 5.92 Å². The van der Waals surface area contributed by atoms with Crippen molar-refractivity contribution < 1.29 is 18.4 Å². The van der Waals surface area contributed by atoms with Crippen molar-refractivity contribution in [2.45, 2.75) is 27.7 Å². The smallest absolute Gasteiger partial charge is 0.305 e. The molecule has 0 aromatic carbocycles. The Hall–Kier alpha value is -0.400. The molecule has 0 bridgehead atoms. The molecule has 0 aromatic heterocycles. The van der Waals surface area contributed by atoms with Crippen molar-refractivity contribution in [3.05, 3.63) is 5.31 Å². The van der Waals surface area contributed by atoms with Gasteiger partial charge in [-0.1, -0.05) is 13.8 Å². The van der Waals surface area contributed by atoms with Gasteiger partial charge in [0.1, 0.15) is 11.3 Å². The highest BCUT2D eigenvalue weighted by Gasteiger charge is 2.32. The van der Waals surface area contributed by atoms with Crippen molar-refractivity contribution >= 4 is 13.5 Å². The van der Waals surface area contributed by atoms with Gasteiger partial charge in [0.25, 0.3) is 0 Å². The van der Waals surface area contributed by atoms with Crippen LogP contribution in [-0.4, -0.2) is 19.2 Å². The quantitative estimate of drug-likeness (QED) is 0.510. The average Bonchev–Trinajstić information content (AvgIpc) is 2.04. The monoisotopic (exact) mass is 220 g/mol. The normalized spacial score (nSPS) is 11.5. The molecule has 0 amide bonds. The van der Waals surface area contributed by atoms with E-state index in [4.69, 9.17) is 9.05 Å². The largest absolute Gasteiger partial charge is 0.368 e.